The molecule has 3 unspecified atom stereocenters. The van der Waals surface area contributed by atoms with Crippen LogP contribution in [0.5, 0.6) is 0 Å². The van der Waals surface area contributed by atoms with E-state index in [0.717, 1.165) is 18.4 Å². The smallest absolute Gasteiger partial charge is 0.0444 e. The topological polar surface area (TPSA) is 38.0 Å². The minimum atomic E-state index is 0.313. The fourth-order valence-corrected chi connectivity index (χ4v) is 2.11. The molecular formula is C14H22N2. The first-order valence-electron chi connectivity index (χ1n) is 6.20. The highest BCUT2D eigenvalue weighted by molar-refractivity contribution is 5.24. The SMILES string of the molecule is Cc1ccc(C(CN)NCC2CC2C)cc1. The Morgan fingerprint density at radius 2 is 2.00 bits per heavy atom. The number of aryl methyl sites for hydroxylation is 1. The van der Waals surface area contributed by atoms with Gasteiger partial charge in [0.25, 0.3) is 0 Å². The first kappa shape index (κ1) is 11.6. The van der Waals surface area contributed by atoms with E-state index in [1.807, 2.05) is 0 Å². The van der Waals surface area contributed by atoms with Crippen LogP contribution in [0.2, 0.25) is 0 Å². The van der Waals surface area contributed by atoms with Gasteiger partial charge in [0.1, 0.15) is 0 Å². The van der Waals surface area contributed by atoms with Crippen molar-refractivity contribution >= 4 is 0 Å². The van der Waals surface area contributed by atoms with Crippen LogP contribution in [0.3, 0.4) is 0 Å². The zero-order valence-electron chi connectivity index (χ0n) is 10.2. The highest BCUT2D eigenvalue weighted by atomic mass is 14.9. The van der Waals surface area contributed by atoms with Gasteiger partial charge >= 0.3 is 0 Å². The van der Waals surface area contributed by atoms with Crippen LogP contribution in [0.1, 0.15) is 30.5 Å². The van der Waals surface area contributed by atoms with E-state index in [-0.39, 0.29) is 0 Å². The van der Waals surface area contributed by atoms with Gasteiger partial charge in [0.2, 0.25) is 0 Å². The van der Waals surface area contributed by atoms with Crippen molar-refractivity contribution in [2.45, 2.75) is 26.3 Å². The van der Waals surface area contributed by atoms with Crippen LogP contribution in [0, 0.1) is 18.8 Å². The van der Waals surface area contributed by atoms with Crippen molar-refractivity contribution in [3.8, 4) is 0 Å². The molecule has 1 aromatic rings. The van der Waals surface area contributed by atoms with E-state index >= 15 is 0 Å². The summed E-state index contributed by atoms with van der Waals surface area (Å²) in [6.45, 7) is 6.21. The molecule has 1 aromatic carbocycles. The highest BCUT2D eigenvalue weighted by Gasteiger charge is 2.32. The lowest BCUT2D eigenvalue weighted by molar-refractivity contribution is 0.511. The van der Waals surface area contributed by atoms with Crippen molar-refractivity contribution in [2.75, 3.05) is 13.1 Å². The monoisotopic (exact) mass is 218 g/mol. The van der Waals surface area contributed by atoms with Crippen LogP contribution >= 0.6 is 0 Å². The molecule has 1 fully saturated rings. The second-order valence-electron chi connectivity index (χ2n) is 5.08. The molecule has 3 N–H and O–H groups in total. The summed E-state index contributed by atoms with van der Waals surface area (Å²) in [4.78, 5) is 0. The fraction of sp³-hybridized carbons (Fsp3) is 0.571. The molecule has 0 amide bonds. The van der Waals surface area contributed by atoms with Gasteiger partial charge in [-0.15, -0.1) is 0 Å². The van der Waals surface area contributed by atoms with E-state index in [0.29, 0.717) is 12.6 Å². The van der Waals surface area contributed by atoms with E-state index in [2.05, 4.69) is 43.4 Å². The van der Waals surface area contributed by atoms with Gasteiger partial charge in [-0.25, -0.2) is 0 Å². The molecule has 3 atom stereocenters. The van der Waals surface area contributed by atoms with Gasteiger partial charge in [-0.3, -0.25) is 0 Å². The van der Waals surface area contributed by atoms with Gasteiger partial charge in [-0.1, -0.05) is 36.8 Å². The molecule has 0 spiro atoms. The molecule has 88 valence electrons. The van der Waals surface area contributed by atoms with E-state index in [9.17, 15) is 0 Å². The summed E-state index contributed by atoms with van der Waals surface area (Å²) in [5.74, 6) is 1.78. The number of benzene rings is 1. The maximum absolute atomic E-state index is 5.82. The molecule has 1 saturated carbocycles. The van der Waals surface area contributed by atoms with Crippen molar-refractivity contribution in [3.05, 3.63) is 35.4 Å². The number of nitrogens with one attached hydrogen (secondary N) is 1. The van der Waals surface area contributed by atoms with Gasteiger partial charge in [0.15, 0.2) is 0 Å². The van der Waals surface area contributed by atoms with Crippen molar-refractivity contribution in [1.82, 2.24) is 5.32 Å². The van der Waals surface area contributed by atoms with Crippen LogP contribution in [-0.4, -0.2) is 13.1 Å². The maximum atomic E-state index is 5.82. The molecule has 2 heteroatoms. The maximum Gasteiger partial charge on any atom is 0.0444 e. The lowest BCUT2D eigenvalue weighted by Crippen LogP contribution is -2.30. The average Bonchev–Trinajstić information content (AvgIpc) is 2.98. The number of rotatable bonds is 5. The number of hydrogen-bond acceptors (Lipinski definition) is 2. The number of nitrogens with two attached hydrogens (primary N) is 1. The molecule has 1 aliphatic rings. The molecule has 0 saturated heterocycles. The van der Waals surface area contributed by atoms with Gasteiger partial charge < -0.3 is 11.1 Å². The van der Waals surface area contributed by atoms with Crippen LogP contribution < -0.4 is 11.1 Å². The molecule has 16 heavy (non-hydrogen) atoms. The molecule has 0 aliphatic heterocycles. The molecule has 0 radical (unpaired) electrons. The molecule has 0 bridgehead atoms. The number of hydrogen-bond donors (Lipinski definition) is 2. The Morgan fingerprint density at radius 1 is 1.38 bits per heavy atom. The molecular weight excluding hydrogens is 196 g/mol. The van der Waals surface area contributed by atoms with Crippen LogP contribution in [-0.2, 0) is 0 Å². The summed E-state index contributed by atoms with van der Waals surface area (Å²) < 4.78 is 0. The lowest BCUT2D eigenvalue weighted by atomic mass is 10.1. The summed E-state index contributed by atoms with van der Waals surface area (Å²) >= 11 is 0. The standard InChI is InChI=1S/C14H22N2/c1-10-3-5-12(6-4-10)14(8-15)16-9-13-7-11(13)2/h3-6,11,13-14,16H,7-9,15H2,1-2H3. The van der Waals surface area contributed by atoms with E-state index in [4.69, 9.17) is 5.73 Å². The summed E-state index contributed by atoms with van der Waals surface area (Å²) in [5, 5.41) is 3.57. The molecule has 2 rings (SSSR count). The minimum Gasteiger partial charge on any atom is -0.329 e. The Kier molecular flexibility index (Phi) is 3.62. The minimum absolute atomic E-state index is 0.313. The normalized spacial score (nSPS) is 25.4. The molecule has 0 aromatic heterocycles. The summed E-state index contributed by atoms with van der Waals surface area (Å²) in [5.41, 5.74) is 8.43. The van der Waals surface area contributed by atoms with E-state index in [1.165, 1.54) is 17.5 Å². The van der Waals surface area contributed by atoms with E-state index < -0.39 is 0 Å². The van der Waals surface area contributed by atoms with Crippen molar-refractivity contribution < 1.29 is 0 Å². The molecule has 2 nitrogen and oxygen atoms in total. The summed E-state index contributed by atoms with van der Waals surface area (Å²) in [6.07, 6.45) is 1.37. The van der Waals surface area contributed by atoms with Gasteiger partial charge in [-0.05, 0) is 37.3 Å². The van der Waals surface area contributed by atoms with Crippen LogP contribution in [0.4, 0.5) is 0 Å². The zero-order chi connectivity index (χ0) is 11.5. The quantitative estimate of drug-likeness (QED) is 0.795. The Bertz CT molecular complexity index is 331. The van der Waals surface area contributed by atoms with Crippen molar-refractivity contribution in [3.63, 3.8) is 0 Å². The van der Waals surface area contributed by atoms with Crippen LogP contribution in [0.25, 0.3) is 0 Å². The zero-order valence-corrected chi connectivity index (χ0v) is 10.2. The van der Waals surface area contributed by atoms with Crippen LogP contribution in [0.15, 0.2) is 24.3 Å². The summed E-state index contributed by atoms with van der Waals surface area (Å²) in [6, 6.07) is 8.97. The van der Waals surface area contributed by atoms with E-state index in [1.54, 1.807) is 0 Å². The first-order chi connectivity index (χ1) is 7.70. The van der Waals surface area contributed by atoms with Crippen molar-refractivity contribution in [2.24, 2.45) is 17.6 Å². The Balaban J connectivity index is 1.90. The van der Waals surface area contributed by atoms with Gasteiger partial charge in [0, 0.05) is 12.6 Å². The summed E-state index contributed by atoms with van der Waals surface area (Å²) in [7, 11) is 0. The predicted octanol–water partition coefficient (Wildman–Crippen LogP) is 2.24. The Hall–Kier alpha value is -0.860. The third-order valence-corrected chi connectivity index (χ3v) is 3.62. The van der Waals surface area contributed by atoms with Crippen molar-refractivity contribution in [1.29, 1.82) is 0 Å². The lowest BCUT2D eigenvalue weighted by Gasteiger charge is -2.17. The second-order valence-corrected chi connectivity index (χ2v) is 5.08. The molecule has 1 aliphatic carbocycles. The Morgan fingerprint density at radius 3 is 2.50 bits per heavy atom. The Labute approximate surface area is 98.2 Å². The molecule has 0 heterocycles. The highest BCUT2D eigenvalue weighted by Crippen LogP contribution is 2.37. The second kappa shape index (κ2) is 4.98. The third-order valence-electron chi connectivity index (χ3n) is 3.62. The predicted molar refractivity (Wildman–Crippen MR) is 68.2 cm³/mol. The first-order valence-corrected chi connectivity index (χ1v) is 6.20. The third kappa shape index (κ3) is 2.83. The average molecular weight is 218 g/mol. The fourth-order valence-electron chi connectivity index (χ4n) is 2.11. The van der Waals surface area contributed by atoms with Gasteiger partial charge in [-0.2, -0.15) is 0 Å². The van der Waals surface area contributed by atoms with Gasteiger partial charge in [0.05, 0.1) is 0 Å². The largest absolute Gasteiger partial charge is 0.329 e.